The molecule has 1 aromatic carbocycles. The van der Waals surface area contributed by atoms with Gasteiger partial charge in [-0.05, 0) is 63.3 Å². The van der Waals surface area contributed by atoms with Crippen molar-refractivity contribution in [1.29, 1.82) is 0 Å². The molecule has 1 heterocycles. The molecule has 146 valence electrons. The summed E-state index contributed by atoms with van der Waals surface area (Å²) in [6.07, 6.45) is 7.14. The second kappa shape index (κ2) is 10.1. The summed E-state index contributed by atoms with van der Waals surface area (Å²) < 4.78 is 8.12. The van der Waals surface area contributed by atoms with Crippen LogP contribution in [-0.4, -0.2) is 21.9 Å². The van der Waals surface area contributed by atoms with Gasteiger partial charge in [0.2, 0.25) is 0 Å². The summed E-state index contributed by atoms with van der Waals surface area (Å²) in [5.74, 6) is 0.836. The Bertz CT molecular complexity index is 796. The Kier molecular flexibility index (Phi) is 7.86. The lowest BCUT2D eigenvalue weighted by Gasteiger charge is -2.19. The predicted octanol–water partition coefficient (Wildman–Crippen LogP) is 4.80. The molecule has 0 saturated carbocycles. The third-order valence-electron chi connectivity index (χ3n) is 4.79. The largest absolute Gasteiger partial charge is 0.490 e. The molecule has 2 atom stereocenters. The van der Waals surface area contributed by atoms with Crippen molar-refractivity contribution in [3.05, 3.63) is 63.6 Å². The fourth-order valence-electron chi connectivity index (χ4n) is 3.08. The highest BCUT2D eigenvalue weighted by Crippen LogP contribution is 2.20. The van der Waals surface area contributed by atoms with Crippen LogP contribution in [0, 0.1) is 13.8 Å². The summed E-state index contributed by atoms with van der Waals surface area (Å²) in [6, 6.07) is 11.3. The van der Waals surface area contributed by atoms with E-state index < -0.39 is 0 Å². The monoisotopic (exact) mass is 369 g/mol. The lowest BCUT2D eigenvalue weighted by molar-refractivity contribution is 0.121. The van der Waals surface area contributed by atoms with Crippen LogP contribution in [0.5, 0.6) is 5.75 Å². The summed E-state index contributed by atoms with van der Waals surface area (Å²) >= 11 is 0. The van der Waals surface area contributed by atoms with E-state index in [0.717, 1.165) is 48.4 Å². The first-order valence-corrected chi connectivity index (χ1v) is 9.75. The molecule has 1 N–H and O–H groups in total. The second-order valence-electron chi connectivity index (χ2n) is 7.02. The smallest absolute Gasteiger partial charge is 0.182 e. The molecule has 0 spiro atoms. The van der Waals surface area contributed by atoms with E-state index in [9.17, 15) is 9.90 Å². The van der Waals surface area contributed by atoms with Crippen molar-refractivity contribution in [2.45, 2.75) is 65.6 Å². The van der Waals surface area contributed by atoms with Crippen LogP contribution >= 0.6 is 0 Å². The summed E-state index contributed by atoms with van der Waals surface area (Å²) in [5.41, 5.74) is 2.88. The van der Waals surface area contributed by atoms with Crippen LogP contribution in [0.2, 0.25) is 0 Å². The molecule has 0 saturated heterocycles. The second-order valence-corrected chi connectivity index (χ2v) is 7.02. The van der Waals surface area contributed by atoms with E-state index >= 15 is 0 Å². The number of aliphatic hydroxyl groups is 1. The van der Waals surface area contributed by atoms with Crippen LogP contribution < -0.4 is 10.2 Å². The molecule has 4 heteroatoms. The zero-order valence-electron chi connectivity index (χ0n) is 16.8. The van der Waals surface area contributed by atoms with Gasteiger partial charge >= 0.3 is 0 Å². The fourth-order valence-corrected chi connectivity index (χ4v) is 3.08. The minimum Gasteiger partial charge on any atom is -0.490 e. The van der Waals surface area contributed by atoms with Gasteiger partial charge in [-0.2, -0.15) is 0 Å². The van der Waals surface area contributed by atoms with E-state index in [0.29, 0.717) is 0 Å². The number of aliphatic hydroxyl groups excluding tert-OH is 1. The van der Waals surface area contributed by atoms with Crippen molar-refractivity contribution < 1.29 is 9.84 Å². The van der Waals surface area contributed by atoms with Gasteiger partial charge in [0.1, 0.15) is 5.75 Å². The van der Waals surface area contributed by atoms with Gasteiger partial charge in [-0.15, -0.1) is 0 Å². The molecule has 1 aromatic heterocycles. The molecule has 0 aliphatic rings. The molecule has 4 nitrogen and oxygen atoms in total. The molecule has 0 amide bonds. The third kappa shape index (κ3) is 6.40. The molecular weight excluding hydrogens is 338 g/mol. The first kappa shape index (κ1) is 21.0. The Hall–Kier alpha value is -2.33. The van der Waals surface area contributed by atoms with Crippen molar-refractivity contribution in [2.75, 3.05) is 0 Å². The van der Waals surface area contributed by atoms with Gasteiger partial charge in [0.05, 0.1) is 12.2 Å². The fraction of sp³-hybridized carbons (Fsp3) is 0.435. The van der Waals surface area contributed by atoms with E-state index in [2.05, 4.69) is 6.92 Å². The van der Waals surface area contributed by atoms with Gasteiger partial charge in [0.15, 0.2) is 5.43 Å². The normalized spacial score (nSPS) is 13.7. The van der Waals surface area contributed by atoms with Gasteiger partial charge in [-0.1, -0.05) is 26.0 Å². The van der Waals surface area contributed by atoms with Crippen LogP contribution in [0.1, 0.15) is 56.5 Å². The highest BCUT2D eigenvalue weighted by atomic mass is 16.5. The van der Waals surface area contributed by atoms with Gasteiger partial charge in [-0.3, -0.25) is 4.79 Å². The van der Waals surface area contributed by atoms with E-state index in [1.54, 1.807) is 12.1 Å². The van der Waals surface area contributed by atoms with Gasteiger partial charge in [0.25, 0.3) is 0 Å². The molecule has 0 radical (unpaired) electrons. The zero-order valence-corrected chi connectivity index (χ0v) is 16.8. The molecule has 0 aliphatic heterocycles. The van der Waals surface area contributed by atoms with E-state index in [-0.39, 0.29) is 17.6 Å². The Balaban J connectivity index is 2.10. The van der Waals surface area contributed by atoms with Crippen LogP contribution in [0.15, 0.2) is 41.2 Å². The summed E-state index contributed by atoms with van der Waals surface area (Å²) in [4.78, 5) is 11.6. The van der Waals surface area contributed by atoms with Crippen molar-refractivity contribution >= 4 is 12.3 Å². The first-order valence-electron chi connectivity index (χ1n) is 9.75. The highest BCUT2D eigenvalue weighted by molar-refractivity contribution is 5.62. The van der Waals surface area contributed by atoms with E-state index in [4.69, 9.17) is 4.74 Å². The number of benzene rings is 1. The zero-order chi connectivity index (χ0) is 19.8. The van der Waals surface area contributed by atoms with Crippen molar-refractivity contribution in [1.82, 2.24) is 4.57 Å². The van der Waals surface area contributed by atoms with Gasteiger partial charge in [0, 0.05) is 29.7 Å². The van der Waals surface area contributed by atoms with E-state index in [1.165, 1.54) is 0 Å². The quantitative estimate of drug-likeness (QED) is 0.691. The van der Waals surface area contributed by atoms with Gasteiger partial charge < -0.3 is 14.4 Å². The van der Waals surface area contributed by atoms with Crippen molar-refractivity contribution in [3.8, 4) is 5.75 Å². The van der Waals surface area contributed by atoms with Crippen LogP contribution in [-0.2, 0) is 0 Å². The number of nitrogens with zero attached hydrogens (tertiary/aromatic N) is 1. The number of ether oxygens (including phenoxy) is 1. The number of rotatable bonds is 9. The maximum Gasteiger partial charge on any atom is 0.182 e. The Morgan fingerprint density at radius 3 is 2.41 bits per heavy atom. The Morgan fingerprint density at radius 2 is 1.78 bits per heavy atom. The van der Waals surface area contributed by atoms with Gasteiger partial charge in [-0.25, -0.2) is 0 Å². The molecule has 2 unspecified atom stereocenters. The highest BCUT2D eigenvalue weighted by Gasteiger charge is 2.11. The summed E-state index contributed by atoms with van der Waals surface area (Å²) in [6.45, 7) is 7.95. The number of hydrogen-bond acceptors (Lipinski definition) is 3. The standard InChI is InChI=1S/C23H31NO3/c1-5-20(25)10-11-22(6-2)27-23-9-7-8-19(16-23)12-13-24-17(3)14-21(26)15-18(24)4/h7-9,12-16,20,22,25H,5-6,10-11H2,1-4H3/b13-12+. The first-order chi connectivity index (χ1) is 12.9. The molecule has 0 aliphatic carbocycles. The SMILES string of the molecule is CCC(O)CCC(CC)Oc1cccc(/C=C/n2c(C)cc(=O)cc2C)c1. The third-order valence-corrected chi connectivity index (χ3v) is 4.79. The summed E-state index contributed by atoms with van der Waals surface area (Å²) in [5, 5.41) is 9.77. The Morgan fingerprint density at radius 1 is 1.07 bits per heavy atom. The molecule has 0 bridgehead atoms. The topological polar surface area (TPSA) is 51.5 Å². The van der Waals surface area contributed by atoms with Crippen molar-refractivity contribution in [2.24, 2.45) is 0 Å². The number of aromatic nitrogens is 1. The number of pyridine rings is 1. The summed E-state index contributed by atoms with van der Waals surface area (Å²) in [7, 11) is 0. The number of hydrogen-bond donors (Lipinski definition) is 1. The van der Waals surface area contributed by atoms with Crippen molar-refractivity contribution in [3.63, 3.8) is 0 Å². The van der Waals surface area contributed by atoms with Crippen LogP contribution in [0.25, 0.3) is 12.3 Å². The lowest BCUT2D eigenvalue weighted by Crippen LogP contribution is -2.18. The minimum absolute atomic E-state index is 0.0313. The Labute approximate surface area is 162 Å². The lowest BCUT2D eigenvalue weighted by atomic mass is 10.1. The van der Waals surface area contributed by atoms with Crippen LogP contribution in [0.4, 0.5) is 0 Å². The maximum atomic E-state index is 11.6. The predicted molar refractivity (Wildman–Crippen MR) is 112 cm³/mol. The van der Waals surface area contributed by atoms with E-state index in [1.807, 2.05) is 61.9 Å². The number of aryl methyl sites for hydroxylation is 2. The molecule has 0 fully saturated rings. The van der Waals surface area contributed by atoms with Crippen LogP contribution in [0.3, 0.4) is 0 Å². The molecule has 2 aromatic rings. The average Bonchev–Trinajstić information content (AvgIpc) is 2.64. The molecular formula is C23H31NO3. The molecule has 2 rings (SSSR count). The maximum absolute atomic E-state index is 11.6. The molecule has 27 heavy (non-hydrogen) atoms. The minimum atomic E-state index is -0.249. The average molecular weight is 370 g/mol.